The Labute approximate surface area is 82.7 Å². The number of hydrogen-bond acceptors (Lipinski definition) is 3. The van der Waals surface area contributed by atoms with Crippen molar-refractivity contribution in [2.24, 2.45) is 5.73 Å². The molecule has 1 aromatic heterocycles. The highest BCUT2D eigenvalue weighted by molar-refractivity contribution is 5.78. The summed E-state index contributed by atoms with van der Waals surface area (Å²) >= 11 is 0. The van der Waals surface area contributed by atoms with Crippen LogP contribution >= 0.6 is 0 Å². The zero-order valence-corrected chi connectivity index (χ0v) is 8.20. The molecule has 0 amide bonds. The molecular weight excluding hydrogens is 176 g/mol. The lowest BCUT2D eigenvalue weighted by Crippen LogP contribution is -2.11. The quantitative estimate of drug-likeness (QED) is 0.760. The molecule has 0 saturated heterocycles. The van der Waals surface area contributed by atoms with Crippen LogP contribution in [0.1, 0.15) is 0 Å². The van der Waals surface area contributed by atoms with E-state index in [1.54, 1.807) is 0 Å². The standard InChI is InChI=1S/C10H14N4/c1-12-10-13-8-4-2-3-5-9(8)14(10)7-6-11/h2-5H,6-7,11H2,1H3,(H,12,13). The van der Waals surface area contributed by atoms with Crippen LogP contribution in [0.3, 0.4) is 0 Å². The molecule has 2 aromatic rings. The van der Waals surface area contributed by atoms with Gasteiger partial charge in [0, 0.05) is 20.1 Å². The average molecular weight is 190 g/mol. The number of rotatable bonds is 3. The number of para-hydroxylation sites is 2. The molecule has 3 N–H and O–H groups in total. The van der Waals surface area contributed by atoms with Crippen LogP contribution in [0.2, 0.25) is 0 Å². The second-order valence-electron chi connectivity index (χ2n) is 3.11. The van der Waals surface area contributed by atoms with Crippen LogP contribution < -0.4 is 11.1 Å². The molecular formula is C10H14N4. The molecule has 4 heteroatoms. The van der Waals surface area contributed by atoms with Crippen molar-refractivity contribution in [2.75, 3.05) is 18.9 Å². The summed E-state index contributed by atoms with van der Waals surface area (Å²) in [6.07, 6.45) is 0. The number of imidazole rings is 1. The first-order chi connectivity index (χ1) is 6.86. The Bertz CT molecular complexity index is 433. The number of benzene rings is 1. The maximum atomic E-state index is 5.56. The summed E-state index contributed by atoms with van der Waals surface area (Å²) in [6.45, 7) is 1.41. The second-order valence-corrected chi connectivity index (χ2v) is 3.11. The predicted octanol–water partition coefficient (Wildman–Crippen LogP) is 1.04. The van der Waals surface area contributed by atoms with Gasteiger partial charge >= 0.3 is 0 Å². The Hall–Kier alpha value is -1.55. The molecule has 0 atom stereocenters. The molecule has 1 heterocycles. The average Bonchev–Trinajstić information content (AvgIpc) is 2.58. The maximum Gasteiger partial charge on any atom is 0.203 e. The molecule has 0 aliphatic rings. The van der Waals surface area contributed by atoms with Crippen LogP contribution in [0.15, 0.2) is 24.3 Å². The van der Waals surface area contributed by atoms with Crippen molar-refractivity contribution >= 4 is 17.0 Å². The first-order valence-corrected chi connectivity index (χ1v) is 4.70. The smallest absolute Gasteiger partial charge is 0.203 e. The number of nitrogens with one attached hydrogen (secondary N) is 1. The van der Waals surface area contributed by atoms with Gasteiger partial charge in [-0.3, -0.25) is 0 Å². The Morgan fingerprint density at radius 1 is 1.43 bits per heavy atom. The van der Waals surface area contributed by atoms with Crippen LogP contribution in [0.5, 0.6) is 0 Å². The molecule has 0 saturated carbocycles. The lowest BCUT2D eigenvalue weighted by Gasteiger charge is -2.05. The monoisotopic (exact) mass is 190 g/mol. The van der Waals surface area contributed by atoms with Crippen LogP contribution in [0.4, 0.5) is 5.95 Å². The van der Waals surface area contributed by atoms with Crippen molar-refractivity contribution in [3.05, 3.63) is 24.3 Å². The number of nitrogens with two attached hydrogens (primary N) is 1. The van der Waals surface area contributed by atoms with Gasteiger partial charge < -0.3 is 15.6 Å². The lowest BCUT2D eigenvalue weighted by molar-refractivity contribution is 0.735. The molecule has 2 rings (SSSR count). The van der Waals surface area contributed by atoms with Crippen LogP contribution in [0.25, 0.3) is 11.0 Å². The van der Waals surface area contributed by atoms with E-state index in [2.05, 4.69) is 20.9 Å². The summed E-state index contributed by atoms with van der Waals surface area (Å²) in [7, 11) is 1.87. The van der Waals surface area contributed by atoms with Crippen molar-refractivity contribution in [2.45, 2.75) is 6.54 Å². The van der Waals surface area contributed by atoms with Crippen LogP contribution in [-0.2, 0) is 6.54 Å². The summed E-state index contributed by atoms with van der Waals surface area (Å²) in [5.74, 6) is 0.872. The molecule has 0 aliphatic carbocycles. The minimum absolute atomic E-state index is 0.620. The summed E-state index contributed by atoms with van der Waals surface area (Å²) in [4.78, 5) is 4.45. The highest BCUT2D eigenvalue weighted by atomic mass is 15.2. The van der Waals surface area contributed by atoms with E-state index in [0.717, 1.165) is 23.5 Å². The molecule has 74 valence electrons. The van der Waals surface area contributed by atoms with Gasteiger partial charge in [-0.05, 0) is 12.1 Å². The van der Waals surface area contributed by atoms with E-state index in [1.165, 1.54) is 0 Å². The van der Waals surface area contributed by atoms with Crippen molar-refractivity contribution in [1.29, 1.82) is 0 Å². The van der Waals surface area contributed by atoms with Gasteiger partial charge in [0.15, 0.2) is 0 Å². The Morgan fingerprint density at radius 3 is 2.93 bits per heavy atom. The lowest BCUT2D eigenvalue weighted by atomic mass is 10.3. The summed E-state index contributed by atoms with van der Waals surface area (Å²) < 4.78 is 2.09. The normalized spacial score (nSPS) is 10.7. The van der Waals surface area contributed by atoms with Gasteiger partial charge in [-0.15, -0.1) is 0 Å². The maximum absolute atomic E-state index is 5.56. The number of nitrogens with zero attached hydrogens (tertiary/aromatic N) is 2. The fourth-order valence-electron chi connectivity index (χ4n) is 1.62. The Morgan fingerprint density at radius 2 is 2.21 bits per heavy atom. The van der Waals surface area contributed by atoms with Gasteiger partial charge in [-0.25, -0.2) is 4.98 Å². The number of aromatic nitrogens is 2. The van der Waals surface area contributed by atoms with E-state index in [4.69, 9.17) is 5.73 Å². The van der Waals surface area contributed by atoms with Crippen molar-refractivity contribution in [1.82, 2.24) is 9.55 Å². The van der Waals surface area contributed by atoms with Crippen molar-refractivity contribution in [3.8, 4) is 0 Å². The summed E-state index contributed by atoms with van der Waals surface area (Å²) in [5, 5.41) is 3.07. The fraction of sp³-hybridized carbons (Fsp3) is 0.300. The third kappa shape index (κ3) is 1.33. The van der Waals surface area contributed by atoms with Crippen molar-refractivity contribution < 1.29 is 0 Å². The first-order valence-electron chi connectivity index (χ1n) is 4.70. The van der Waals surface area contributed by atoms with E-state index in [0.29, 0.717) is 6.54 Å². The first kappa shape index (κ1) is 9.02. The van der Waals surface area contributed by atoms with Gasteiger partial charge in [0.05, 0.1) is 11.0 Å². The van der Waals surface area contributed by atoms with Gasteiger partial charge in [0.25, 0.3) is 0 Å². The predicted molar refractivity (Wildman–Crippen MR) is 58.3 cm³/mol. The highest BCUT2D eigenvalue weighted by Gasteiger charge is 2.06. The van der Waals surface area contributed by atoms with Gasteiger partial charge in [0.1, 0.15) is 0 Å². The van der Waals surface area contributed by atoms with E-state index in [9.17, 15) is 0 Å². The third-order valence-corrected chi connectivity index (χ3v) is 2.23. The summed E-state index contributed by atoms with van der Waals surface area (Å²) in [5.41, 5.74) is 7.69. The fourth-order valence-corrected chi connectivity index (χ4v) is 1.62. The Balaban J connectivity index is 2.61. The minimum Gasteiger partial charge on any atom is -0.359 e. The molecule has 0 fully saturated rings. The Kier molecular flexibility index (Phi) is 2.37. The van der Waals surface area contributed by atoms with Crippen LogP contribution in [-0.4, -0.2) is 23.1 Å². The molecule has 0 unspecified atom stereocenters. The molecule has 4 nitrogen and oxygen atoms in total. The van der Waals surface area contributed by atoms with Crippen LogP contribution in [0, 0.1) is 0 Å². The molecule has 0 spiro atoms. The zero-order chi connectivity index (χ0) is 9.97. The highest BCUT2D eigenvalue weighted by Crippen LogP contribution is 2.18. The van der Waals surface area contributed by atoms with E-state index < -0.39 is 0 Å². The van der Waals surface area contributed by atoms with E-state index >= 15 is 0 Å². The number of hydrogen-bond donors (Lipinski definition) is 2. The van der Waals surface area contributed by atoms with Gasteiger partial charge in [-0.2, -0.15) is 0 Å². The number of fused-ring (bicyclic) bond motifs is 1. The molecule has 0 aliphatic heterocycles. The van der Waals surface area contributed by atoms with Gasteiger partial charge in [-0.1, -0.05) is 12.1 Å². The van der Waals surface area contributed by atoms with Gasteiger partial charge in [0.2, 0.25) is 5.95 Å². The zero-order valence-electron chi connectivity index (χ0n) is 8.20. The summed E-state index contributed by atoms with van der Waals surface area (Å²) in [6, 6.07) is 8.06. The third-order valence-electron chi connectivity index (χ3n) is 2.23. The second kappa shape index (κ2) is 3.67. The van der Waals surface area contributed by atoms with E-state index in [-0.39, 0.29) is 0 Å². The number of anilines is 1. The minimum atomic E-state index is 0.620. The topological polar surface area (TPSA) is 55.9 Å². The molecule has 0 bridgehead atoms. The molecule has 0 radical (unpaired) electrons. The SMILES string of the molecule is CNc1nc2ccccc2n1CCN. The largest absolute Gasteiger partial charge is 0.359 e. The molecule has 14 heavy (non-hydrogen) atoms. The van der Waals surface area contributed by atoms with E-state index in [1.807, 2.05) is 25.2 Å². The molecule has 1 aromatic carbocycles. The van der Waals surface area contributed by atoms with Crippen molar-refractivity contribution in [3.63, 3.8) is 0 Å².